The summed E-state index contributed by atoms with van der Waals surface area (Å²) in [5, 5.41) is 0.578. The van der Waals surface area contributed by atoms with Crippen LogP contribution in [0, 0.1) is 0 Å². The third-order valence-electron chi connectivity index (χ3n) is 6.25. The van der Waals surface area contributed by atoms with E-state index in [-0.39, 0.29) is 26.1 Å². The van der Waals surface area contributed by atoms with Crippen molar-refractivity contribution in [3.63, 3.8) is 0 Å². The van der Waals surface area contributed by atoms with Crippen LogP contribution in [-0.4, -0.2) is 55.8 Å². The first-order chi connectivity index (χ1) is 12.6. The molecule has 0 aromatic carbocycles. The quantitative estimate of drug-likeness (QED) is 0.315. The van der Waals surface area contributed by atoms with E-state index in [1.54, 1.807) is 6.07 Å². The van der Waals surface area contributed by atoms with Gasteiger partial charge in [-0.05, 0) is 0 Å². The van der Waals surface area contributed by atoms with E-state index in [4.69, 9.17) is 0 Å². The summed E-state index contributed by atoms with van der Waals surface area (Å²) in [6, 6.07) is 1.71. The molecular weight excluding hydrogens is 526 g/mol. The average Bonchev–Trinajstić information content (AvgIpc) is 2.45. The molecule has 0 atom stereocenters. The van der Waals surface area contributed by atoms with Gasteiger partial charge >= 0.3 is 196 Å². The van der Waals surface area contributed by atoms with E-state index in [0.29, 0.717) is 0 Å². The first-order valence-corrected chi connectivity index (χ1v) is 18.8. The van der Waals surface area contributed by atoms with E-state index in [0.717, 1.165) is 23.6 Å². The summed E-state index contributed by atoms with van der Waals surface area (Å²) in [6.45, 7) is 28.0. The summed E-state index contributed by atoms with van der Waals surface area (Å²) < 4.78 is 0. The molecular formula is C23H43NOP2Se2. The van der Waals surface area contributed by atoms with Crippen molar-refractivity contribution in [3.05, 3.63) is 33.7 Å². The molecule has 0 spiro atoms. The van der Waals surface area contributed by atoms with E-state index in [1.165, 1.54) is 0 Å². The van der Waals surface area contributed by atoms with Crippen molar-refractivity contribution in [2.75, 3.05) is 0 Å². The predicted molar refractivity (Wildman–Crippen MR) is 139 cm³/mol. The van der Waals surface area contributed by atoms with Crippen LogP contribution in [0.25, 0.3) is 0 Å². The zero-order valence-corrected chi connectivity index (χ0v) is 25.9. The Bertz CT molecular complexity index is 852. The van der Waals surface area contributed by atoms with Crippen LogP contribution in [0.15, 0.2) is 17.1 Å². The molecule has 168 valence electrons. The molecule has 0 aliphatic carbocycles. The average molecular weight is 569 g/mol. The fraction of sp³-hybridized carbons (Fsp3) is 0.783. The number of pyridine rings is 1. The van der Waals surface area contributed by atoms with Crippen molar-refractivity contribution >= 4 is 41.2 Å². The third kappa shape index (κ3) is 5.62. The minimum atomic E-state index is -1.60. The maximum absolute atomic E-state index is 13.1. The Morgan fingerprint density at radius 1 is 0.724 bits per heavy atom. The number of hydrogen-bond acceptors (Lipinski definition) is 1. The molecule has 0 aliphatic heterocycles. The molecule has 1 aromatic heterocycles. The van der Waals surface area contributed by atoms with Crippen LogP contribution >= 0.6 is 11.0 Å². The van der Waals surface area contributed by atoms with Crippen molar-refractivity contribution in [3.8, 4) is 0 Å². The zero-order valence-electron chi connectivity index (χ0n) is 20.7. The molecule has 6 heteroatoms. The molecule has 0 radical (unpaired) electrons. The first kappa shape index (κ1) is 27.9. The van der Waals surface area contributed by atoms with Gasteiger partial charge in [-0.2, -0.15) is 0 Å². The molecule has 0 fully saturated rings. The summed E-state index contributed by atoms with van der Waals surface area (Å²) >= 11 is 7.34. The third-order valence-corrected chi connectivity index (χ3v) is 31.9. The van der Waals surface area contributed by atoms with Gasteiger partial charge < -0.3 is 0 Å². The van der Waals surface area contributed by atoms with Gasteiger partial charge in [0.25, 0.3) is 0 Å². The maximum atomic E-state index is 13.1. The Balaban J connectivity index is 3.71. The van der Waals surface area contributed by atoms with E-state index >= 15 is 0 Å². The molecule has 0 saturated carbocycles. The molecule has 0 amide bonds. The van der Waals surface area contributed by atoms with Crippen LogP contribution in [-0.2, 0) is 12.3 Å². The molecule has 1 aromatic rings. The van der Waals surface area contributed by atoms with Crippen LogP contribution in [0.3, 0.4) is 0 Å². The van der Waals surface area contributed by atoms with Gasteiger partial charge in [0.05, 0.1) is 0 Å². The normalized spacial score (nSPS) is 14.9. The molecule has 1 rings (SSSR count). The van der Waals surface area contributed by atoms with E-state index in [1.807, 2.05) is 6.20 Å². The van der Waals surface area contributed by atoms with Crippen molar-refractivity contribution in [1.82, 2.24) is 4.98 Å². The summed E-state index contributed by atoms with van der Waals surface area (Å²) in [5.74, 6) is 0. The second-order valence-corrected chi connectivity index (χ2v) is 29.1. The summed E-state index contributed by atoms with van der Waals surface area (Å²) in [6.07, 6.45) is 3.62. The Kier molecular flexibility index (Phi) is 8.32. The Morgan fingerprint density at radius 3 is 1.41 bits per heavy atom. The van der Waals surface area contributed by atoms with Gasteiger partial charge in [-0.25, -0.2) is 0 Å². The van der Waals surface area contributed by atoms with Gasteiger partial charge in [0, 0.05) is 0 Å². The second-order valence-electron chi connectivity index (χ2n) is 12.3. The van der Waals surface area contributed by atoms with Gasteiger partial charge in [0.2, 0.25) is 0 Å². The molecule has 29 heavy (non-hydrogen) atoms. The van der Waals surface area contributed by atoms with Crippen LogP contribution in [0.1, 0.15) is 94.3 Å². The minimum absolute atomic E-state index is 0.128. The van der Waals surface area contributed by atoms with Crippen LogP contribution in [0.4, 0.5) is 0 Å². The van der Waals surface area contributed by atoms with Crippen LogP contribution in [0.2, 0.25) is 0 Å². The summed E-state index contributed by atoms with van der Waals surface area (Å²) in [4.78, 5) is 16.7. The standard InChI is InChI=1S/C23H43NOP2Se2/c1-20(2,3)26(28,21(4,5)6)15-17-18(24-14-13-19(17)25)16-27(29,22(7,8)9)23(10,11)12/h13-14H,15-16H2,1-12H3,(H,24,25). The molecule has 0 bridgehead atoms. The first-order valence-electron chi connectivity index (χ1n) is 10.5. The molecule has 0 saturated heterocycles. The Labute approximate surface area is 195 Å². The number of aromatic nitrogens is 1. The van der Waals surface area contributed by atoms with Crippen LogP contribution < -0.4 is 5.43 Å². The summed E-state index contributed by atoms with van der Waals surface area (Å²) in [7, 11) is 0. The number of hydrogen-bond donors (Lipinski definition) is 1. The van der Waals surface area contributed by atoms with Crippen molar-refractivity contribution in [1.29, 1.82) is 0 Å². The molecule has 2 nitrogen and oxygen atoms in total. The van der Waals surface area contributed by atoms with Crippen LogP contribution in [0.5, 0.6) is 0 Å². The monoisotopic (exact) mass is 571 g/mol. The SMILES string of the molecule is CC(C)(C)P(=[Se])(Cc1[nH]ccc(=O)c1CP(=[Se])(C(C)(C)C)C(C)(C)C)C(C)(C)C. The van der Waals surface area contributed by atoms with Crippen molar-refractivity contribution in [2.24, 2.45) is 0 Å². The number of nitrogens with one attached hydrogen (secondary N) is 1. The topological polar surface area (TPSA) is 32.9 Å². The fourth-order valence-corrected chi connectivity index (χ4v) is 13.3. The molecule has 1 heterocycles. The fourth-order valence-electron chi connectivity index (χ4n) is 4.28. The zero-order chi connectivity index (χ0) is 23.3. The predicted octanol–water partition coefficient (Wildman–Crippen LogP) is 6.77. The summed E-state index contributed by atoms with van der Waals surface area (Å²) in [5.41, 5.74) is -0.827. The van der Waals surface area contributed by atoms with E-state index < -0.39 is 11.0 Å². The van der Waals surface area contributed by atoms with Crippen molar-refractivity contribution in [2.45, 2.75) is 116 Å². The van der Waals surface area contributed by atoms with Gasteiger partial charge in [-0.3, -0.25) is 0 Å². The number of H-pyrrole nitrogens is 1. The van der Waals surface area contributed by atoms with Crippen molar-refractivity contribution < 1.29 is 0 Å². The molecule has 0 aliphatic rings. The van der Waals surface area contributed by atoms with Gasteiger partial charge in [0.1, 0.15) is 0 Å². The second kappa shape index (κ2) is 8.65. The van der Waals surface area contributed by atoms with Gasteiger partial charge in [-0.15, -0.1) is 0 Å². The number of aromatic amines is 1. The Hall–Kier alpha value is 0.849. The number of rotatable bonds is 4. The molecule has 0 unspecified atom stereocenters. The van der Waals surface area contributed by atoms with E-state index in [9.17, 15) is 4.79 Å². The molecule has 1 N–H and O–H groups in total. The Morgan fingerprint density at radius 2 is 1.07 bits per heavy atom. The van der Waals surface area contributed by atoms with E-state index in [2.05, 4.69) is 118 Å². The van der Waals surface area contributed by atoms with Gasteiger partial charge in [0.15, 0.2) is 0 Å². The van der Waals surface area contributed by atoms with Gasteiger partial charge in [-0.1, -0.05) is 0 Å².